The van der Waals surface area contributed by atoms with Crippen LogP contribution in [0.3, 0.4) is 0 Å². The number of hydrogen-bond donors (Lipinski definition) is 2. The lowest BCUT2D eigenvalue weighted by Gasteiger charge is -2.29. The van der Waals surface area contributed by atoms with Gasteiger partial charge >= 0.3 is 0 Å². The summed E-state index contributed by atoms with van der Waals surface area (Å²) in [5, 5.41) is 13.1. The van der Waals surface area contributed by atoms with Gasteiger partial charge < -0.3 is 15.3 Å². The first-order chi connectivity index (χ1) is 8.22. The molecule has 2 aliphatic rings. The van der Waals surface area contributed by atoms with Crippen LogP contribution < -0.4 is 5.32 Å². The summed E-state index contributed by atoms with van der Waals surface area (Å²) in [6.07, 6.45) is 8.98. The minimum absolute atomic E-state index is 0.0355. The molecule has 3 heteroatoms. The first-order valence-corrected chi connectivity index (χ1v) is 7.33. The minimum Gasteiger partial charge on any atom is -0.394 e. The molecule has 1 heterocycles. The van der Waals surface area contributed by atoms with Crippen LogP contribution in [0, 0.1) is 0 Å². The third kappa shape index (κ3) is 4.57. The monoisotopic (exact) mass is 240 g/mol. The molecular weight excluding hydrogens is 212 g/mol. The second kappa shape index (κ2) is 6.17. The smallest absolute Gasteiger partial charge is 0.0610 e. The molecule has 0 bridgehead atoms. The van der Waals surface area contributed by atoms with Crippen molar-refractivity contribution in [3.05, 3.63) is 0 Å². The molecule has 0 aromatic carbocycles. The summed E-state index contributed by atoms with van der Waals surface area (Å²) in [6.45, 7) is 6.30. The zero-order chi connectivity index (χ0) is 12.1. The van der Waals surface area contributed by atoms with Gasteiger partial charge in [-0.25, -0.2) is 0 Å². The van der Waals surface area contributed by atoms with Crippen LogP contribution in [0.1, 0.15) is 51.9 Å². The summed E-state index contributed by atoms with van der Waals surface area (Å²) in [4.78, 5) is 2.57. The standard InChI is InChI=1S/C14H28N2O/c1-14(12-17,15-13-6-7-13)8-2-3-9-16-10-4-5-11-16/h13,15,17H,2-12H2,1H3. The maximum absolute atomic E-state index is 9.50. The maximum Gasteiger partial charge on any atom is 0.0610 e. The lowest BCUT2D eigenvalue weighted by Crippen LogP contribution is -2.46. The molecule has 0 amide bonds. The number of nitrogens with zero attached hydrogens (tertiary/aromatic N) is 1. The molecule has 0 aromatic heterocycles. The molecular formula is C14H28N2O. The Bertz CT molecular complexity index is 224. The van der Waals surface area contributed by atoms with Crippen molar-refractivity contribution in [1.82, 2.24) is 10.2 Å². The zero-order valence-electron chi connectivity index (χ0n) is 11.2. The number of rotatable bonds is 8. The molecule has 1 atom stereocenters. The molecule has 1 aliphatic carbocycles. The number of aliphatic hydroxyl groups excluding tert-OH is 1. The number of hydrogen-bond acceptors (Lipinski definition) is 3. The molecule has 3 nitrogen and oxygen atoms in total. The van der Waals surface area contributed by atoms with Crippen LogP contribution in [0.2, 0.25) is 0 Å². The Balaban J connectivity index is 1.58. The highest BCUT2D eigenvalue weighted by Crippen LogP contribution is 2.25. The summed E-state index contributed by atoms with van der Waals surface area (Å²) < 4.78 is 0. The summed E-state index contributed by atoms with van der Waals surface area (Å²) in [6, 6.07) is 0.686. The van der Waals surface area contributed by atoms with Gasteiger partial charge in [0.2, 0.25) is 0 Å². The van der Waals surface area contributed by atoms with Crippen molar-refractivity contribution in [3.63, 3.8) is 0 Å². The molecule has 2 fully saturated rings. The summed E-state index contributed by atoms with van der Waals surface area (Å²) >= 11 is 0. The summed E-state index contributed by atoms with van der Waals surface area (Å²) in [7, 11) is 0. The third-order valence-electron chi connectivity index (χ3n) is 4.13. The van der Waals surface area contributed by atoms with Crippen molar-refractivity contribution < 1.29 is 5.11 Å². The number of aliphatic hydroxyl groups is 1. The molecule has 17 heavy (non-hydrogen) atoms. The Morgan fingerprint density at radius 2 is 1.94 bits per heavy atom. The fraction of sp³-hybridized carbons (Fsp3) is 1.00. The molecule has 0 radical (unpaired) electrons. The van der Waals surface area contributed by atoms with E-state index in [0.29, 0.717) is 6.04 Å². The largest absolute Gasteiger partial charge is 0.394 e. The van der Waals surface area contributed by atoms with Gasteiger partial charge in [0.15, 0.2) is 0 Å². The predicted octanol–water partition coefficient (Wildman–Crippen LogP) is 1.76. The SMILES string of the molecule is CC(CO)(CCCCN1CCCC1)NC1CC1. The van der Waals surface area contributed by atoms with E-state index >= 15 is 0 Å². The van der Waals surface area contributed by atoms with E-state index in [1.165, 1.54) is 58.2 Å². The quantitative estimate of drug-likeness (QED) is 0.635. The van der Waals surface area contributed by atoms with Crippen LogP contribution in [-0.4, -0.2) is 47.8 Å². The number of likely N-dealkylation sites (tertiary alicyclic amines) is 1. The van der Waals surface area contributed by atoms with Gasteiger partial charge in [-0.3, -0.25) is 0 Å². The van der Waals surface area contributed by atoms with Crippen LogP contribution in [0.25, 0.3) is 0 Å². The summed E-state index contributed by atoms with van der Waals surface area (Å²) in [5.41, 5.74) is -0.0355. The molecule has 100 valence electrons. The molecule has 1 saturated carbocycles. The molecule has 0 spiro atoms. The van der Waals surface area contributed by atoms with Crippen molar-refractivity contribution in [3.8, 4) is 0 Å². The first-order valence-electron chi connectivity index (χ1n) is 7.33. The van der Waals surface area contributed by atoms with Gasteiger partial charge in [-0.05, 0) is 65.1 Å². The Morgan fingerprint density at radius 3 is 2.53 bits per heavy atom. The molecule has 0 aromatic rings. The molecule has 2 N–H and O–H groups in total. The van der Waals surface area contributed by atoms with Crippen LogP contribution in [0.15, 0.2) is 0 Å². The van der Waals surface area contributed by atoms with E-state index in [4.69, 9.17) is 0 Å². The van der Waals surface area contributed by atoms with E-state index in [1.807, 2.05) is 0 Å². The van der Waals surface area contributed by atoms with Crippen molar-refractivity contribution in [2.24, 2.45) is 0 Å². The van der Waals surface area contributed by atoms with E-state index in [1.54, 1.807) is 0 Å². The fourth-order valence-corrected chi connectivity index (χ4v) is 2.77. The van der Waals surface area contributed by atoms with Gasteiger partial charge in [-0.2, -0.15) is 0 Å². The Labute approximate surface area is 106 Å². The van der Waals surface area contributed by atoms with E-state index in [9.17, 15) is 5.11 Å². The van der Waals surface area contributed by atoms with E-state index in [2.05, 4.69) is 17.1 Å². The van der Waals surface area contributed by atoms with Crippen LogP contribution in [0.5, 0.6) is 0 Å². The molecule has 1 unspecified atom stereocenters. The van der Waals surface area contributed by atoms with Gasteiger partial charge in [0.1, 0.15) is 0 Å². The second-order valence-electron chi connectivity index (χ2n) is 6.14. The lowest BCUT2D eigenvalue weighted by molar-refractivity contribution is 0.159. The minimum atomic E-state index is -0.0355. The van der Waals surface area contributed by atoms with E-state index < -0.39 is 0 Å². The second-order valence-corrected chi connectivity index (χ2v) is 6.14. The molecule has 1 saturated heterocycles. The number of unbranched alkanes of at least 4 members (excludes halogenated alkanes) is 1. The van der Waals surface area contributed by atoms with Crippen LogP contribution >= 0.6 is 0 Å². The number of nitrogens with one attached hydrogen (secondary N) is 1. The first kappa shape index (κ1) is 13.3. The van der Waals surface area contributed by atoms with Gasteiger partial charge in [0.05, 0.1) is 6.61 Å². The molecule has 1 aliphatic heterocycles. The van der Waals surface area contributed by atoms with Crippen molar-refractivity contribution >= 4 is 0 Å². The topological polar surface area (TPSA) is 35.5 Å². The van der Waals surface area contributed by atoms with Crippen LogP contribution in [-0.2, 0) is 0 Å². The summed E-state index contributed by atoms with van der Waals surface area (Å²) in [5.74, 6) is 0. The molecule has 2 rings (SSSR count). The zero-order valence-corrected chi connectivity index (χ0v) is 11.2. The predicted molar refractivity (Wildman–Crippen MR) is 71.2 cm³/mol. The van der Waals surface area contributed by atoms with Crippen molar-refractivity contribution in [1.29, 1.82) is 0 Å². The Morgan fingerprint density at radius 1 is 1.24 bits per heavy atom. The normalized spacial score (nSPS) is 25.1. The lowest BCUT2D eigenvalue weighted by atomic mass is 9.95. The van der Waals surface area contributed by atoms with Gasteiger partial charge in [-0.15, -0.1) is 0 Å². The highest BCUT2D eigenvalue weighted by molar-refractivity contribution is 4.92. The Kier molecular flexibility index (Phi) is 4.83. The van der Waals surface area contributed by atoms with Gasteiger partial charge in [-0.1, -0.05) is 6.42 Å². The average molecular weight is 240 g/mol. The van der Waals surface area contributed by atoms with Crippen molar-refractivity contribution in [2.75, 3.05) is 26.2 Å². The fourth-order valence-electron chi connectivity index (χ4n) is 2.77. The van der Waals surface area contributed by atoms with E-state index in [0.717, 1.165) is 6.42 Å². The highest BCUT2D eigenvalue weighted by Gasteiger charge is 2.31. The van der Waals surface area contributed by atoms with E-state index in [-0.39, 0.29) is 12.1 Å². The van der Waals surface area contributed by atoms with Gasteiger partial charge in [0, 0.05) is 11.6 Å². The van der Waals surface area contributed by atoms with Crippen molar-refractivity contribution in [2.45, 2.75) is 63.5 Å². The highest BCUT2D eigenvalue weighted by atomic mass is 16.3. The van der Waals surface area contributed by atoms with Gasteiger partial charge in [0.25, 0.3) is 0 Å². The maximum atomic E-state index is 9.50. The Hall–Kier alpha value is -0.120. The average Bonchev–Trinajstić information content (AvgIpc) is 2.97. The van der Waals surface area contributed by atoms with Crippen LogP contribution in [0.4, 0.5) is 0 Å². The third-order valence-corrected chi connectivity index (χ3v) is 4.13.